The molecule has 0 saturated carbocycles. The van der Waals surface area contributed by atoms with Gasteiger partial charge in [0.2, 0.25) is 0 Å². The average Bonchev–Trinajstić information content (AvgIpc) is 2.78. The molecule has 0 spiro atoms. The van der Waals surface area contributed by atoms with Gasteiger partial charge in [-0.2, -0.15) is 5.10 Å². The molecule has 0 aliphatic carbocycles. The molecule has 0 amide bonds. The summed E-state index contributed by atoms with van der Waals surface area (Å²) in [6.07, 6.45) is 6.08. The standard InChI is InChI=1S/C11H11N3O3/c1-17-10-2-8(3-12-5-10)6-14-7-9(4-13-14)11(15)16/h2-5,7H,6H2,1H3,(H,15,16). The van der Waals surface area contributed by atoms with Gasteiger partial charge in [-0.1, -0.05) is 0 Å². The average molecular weight is 233 g/mol. The van der Waals surface area contributed by atoms with Gasteiger partial charge in [0.25, 0.3) is 0 Å². The molecule has 0 aliphatic heterocycles. The summed E-state index contributed by atoms with van der Waals surface area (Å²) in [5, 5.41) is 12.7. The summed E-state index contributed by atoms with van der Waals surface area (Å²) in [5.41, 5.74) is 1.06. The van der Waals surface area contributed by atoms with Crippen LogP contribution in [0, 0.1) is 0 Å². The number of aromatic carboxylic acids is 1. The van der Waals surface area contributed by atoms with Gasteiger partial charge in [0.1, 0.15) is 5.75 Å². The van der Waals surface area contributed by atoms with Gasteiger partial charge in [-0.15, -0.1) is 0 Å². The summed E-state index contributed by atoms with van der Waals surface area (Å²) in [6, 6.07) is 1.83. The highest BCUT2D eigenvalue weighted by Crippen LogP contribution is 2.11. The normalized spacial score (nSPS) is 10.2. The highest BCUT2D eigenvalue weighted by Gasteiger charge is 2.06. The first-order chi connectivity index (χ1) is 8.19. The van der Waals surface area contributed by atoms with E-state index in [2.05, 4.69) is 10.1 Å². The Morgan fingerprint density at radius 2 is 2.29 bits per heavy atom. The summed E-state index contributed by atoms with van der Waals surface area (Å²) in [7, 11) is 1.57. The number of pyridine rings is 1. The van der Waals surface area contributed by atoms with E-state index in [4.69, 9.17) is 9.84 Å². The number of nitrogens with zero attached hydrogens (tertiary/aromatic N) is 3. The smallest absolute Gasteiger partial charge is 0.338 e. The van der Waals surface area contributed by atoms with Crippen LogP contribution in [-0.4, -0.2) is 33.0 Å². The molecule has 0 saturated heterocycles. The number of hydrogen-bond acceptors (Lipinski definition) is 4. The van der Waals surface area contributed by atoms with Crippen LogP contribution in [0.3, 0.4) is 0 Å². The molecular formula is C11H11N3O3. The van der Waals surface area contributed by atoms with Crippen molar-refractivity contribution < 1.29 is 14.6 Å². The van der Waals surface area contributed by atoms with E-state index in [0.717, 1.165) is 5.56 Å². The molecule has 2 aromatic rings. The van der Waals surface area contributed by atoms with E-state index in [-0.39, 0.29) is 5.56 Å². The van der Waals surface area contributed by atoms with Crippen LogP contribution in [0.2, 0.25) is 0 Å². The lowest BCUT2D eigenvalue weighted by molar-refractivity contribution is 0.0697. The number of ether oxygens (including phenoxy) is 1. The Hall–Kier alpha value is -2.37. The van der Waals surface area contributed by atoms with Crippen molar-refractivity contribution in [3.63, 3.8) is 0 Å². The summed E-state index contributed by atoms with van der Waals surface area (Å²) in [4.78, 5) is 14.7. The minimum Gasteiger partial charge on any atom is -0.495 e. The third-order valence-corrected chi connectivity index (χ3v) is 2.23. The molecule has 17 heavy (non-hydrogen) atoms. The molecule has 2 rings (SSSR count). The van der Waals surface area contributed by atoms with Gasteiger partial charge in [0.15, 0.2) is 0 Å². The van der Waals surface area contributed by atoms with Crippen molar-refractivity contribution in [2.45, 2.75) is 6.54 Å². The van der Waals surface area contributed by atoms with Crippen LogP contribution >= 0.6 is 0 Å². The lowest BCUT2D eigenvalue weighted by Crippen LogP contribution is -2.01. The molecule has 6 nitrogen and oxygen atoms in total. The zero-order valence-electron chi connectivity index (χ0n) is 9.20. The van der Waals surface area contributed by atoms with Crippen molar-refractivity contribution in [1.82, 2.24) is 14.8 Å². The molecule has 0 aromatic carbocycles. The molecule has 0 fully saturated rings. The predicted molar refractivity (Wildman–Crippen MR) is 59.1 cm³/mol. The Kier molecular flexibility index (Phi) is 3.04. The minimum atomic E-state index is -0.986. The summed E-state index contributed by atoms with van der Waals surface area (Å²) in [6.45, 7) is 0.456. The van der Waals surface area contributed by atoms with E-state index in [1.54, 1.807) is 24.2 Å². The lowest BCUT2D eigenvalue weighted by atomic mass is 10.3. The predicted octanol–water partition coefficient (Wildman–Crippen LogP) is 1.03. The zero-order chi connectivity index (χ0) is 12.3. The van der Waals surface area contributed by atoms with Gasteiger partial charge >= 0.3 is 5.97 Å². The van der Waals surface area contributed by atoms with E-state index in [1.165, 1.54) is 12.4 Å². The minimum absolute atomic E-state index is 0.167. The second-order valence-corrected chi connectivity index (χ2v) is 3.46. The molecule has 0 atom stereocenters. The van der Waals surface area contributed by atoms with E-state index in [0.29, 0.717) is 12.3 Å². The van der Waals surface area contributed by atoms with E-state index >= 15 is 0 Å². The third kappa shape index (κ3) is 2.60. The van der Waals surface area contributed by atoms with Crippen molar-refractivity contribution in [2.24, 2.45) is 0 Å². The molecule has 1 N–H and O–H groups in total. The third-order valence-electron chi connectivity index (χ3n) is 2.23. The SMILES string of the molecule is COc1cncc(Cn2cc(C(=O)O)cn2)c1. The number of carboxylic acids is 1. The molecule has 6 heteroatoms. The van der Waals surface area contributed by atoms with Gasteiger partial charge in [-0.05, 0) is 11.6 Å². The zero-order valence-corrected chi connectivity index (χ0v) is 9.20. The van der Waals surface area contributed by atoms with Gasteiger partial charge < -0.3 is 9.84 Å². The molecule has 2 aromatic heterocycles. The molecule has 0 aliphatic rings. The van der Waals surface area contributed by atoms with Crippen molar-refractivity contribution in [3.8, 4) is 5.75 Å². The van der Waals surface area contributed by atoms with Gasteiger partial charge in [-0.3, -0.25) is 9.67 Å². The number of hydrogen-bond donors (Lipinski definition) is 1. The number of rotatable bonds is 4. The maximum absolute atomic E-state index is 10.7. The highest BCUT2D eigenvalue weighted by atomic mass is 16.5. The van der Waals surface area contributed by atoms with Crippen molar-refractivity contribution in [3.05, 3.63) is 42.0 Å². The van der Waals surface area contributed by atoms with Crippen molar-refractivity contribution in [1.29, 1.82) is 0 Å². The van der Waals surface area contributed by atoms with E-state index < -0.39 is 5.97 Å². The van der Waals surface area contributed by atoms with E-state index in [9.17, 15) is 4.79 Å². The molecule has 0 unspecified atom stereocenters. The number of carboxylic acid groups (broad SMARTS) is 1. The van der Waals surface area contributed by atoms with Crippen LogP contribution in [0.5, 0.6) is 5.75 Å². The summed E-state index contributed by atoms with van der Waals surface area (Å²) >= 11 is 0. The van der Waals surface area contributed by atoms with Crippen molar-refractivity contribution in [2.75, 3.05) is 7.11 Å². The maximum atomic E-state index is 10.7. The Labute approximate surface area is 97.5 Å². The second kappa shape index (κ2) is 4.65. The molecule has 0 radical (unpaired) electrons. The molecule has 88 valence electrons. The monoisotopic (exact) mass is 233 g/mol. The van der Waals surface area contributed by atoms with Crippen LogP contribution in [-0.2, 0) is 6.54 Å². The topological polar surface area (TPSA) is 77.2 Å². The fourth-order valence-electron chi connectivity index (χ4n) is 1.41. The molecular weight excluding hydrogens is 222 g/mol. The summed E-state index contributed by atoms with van der Waals surface area (Å²) < 4.78 is 6.59. The fraction of sp³-hybridized carbons (Fsp3) is 0.182. The Bertz CT molecular complexity index is 536. The largest absolute Gasteiger partial charge is 0.495 e. The van der Waals surface area contributed by atoms with Gasteiger partial charge in [-0.25, -0.2) is 4.79 Å². The van der Waals surface area contributed by atoms with Crippen LogP contribution in [0.15, 0.2) is 30.9 Å². The Balaban J connectivity index is 2.16. The number of methoxy groups -OCH3 is 1. The lowest BCUT2D eigenvalue weighted by Gasteiger charge is -2.03. The number of aromatic nitrogens is 3. The maximum Gasteiger partial charge on any atom is 0.338 e. The molecule has 2 heterocycles. The molecule has 0 bridgehead atoms. The second-order valence-electron chi connectivity index (χ2n) is 3.46. The first-order valence-electron chi connectivity index (χ1n) is 4.92. The fourth-order valence-corrected chi connectivity index (χ4v) is 1.41. The van der Waals surface area contributed by atoms with Crippen LogP contribution in [0.4, 0.5) is 0 Å². The van der Waals surface area contributed by atoms with Crippen LogP contribution in [0.1, 0.15) is 15.9 Å². The van der Waals surface area contributed by atoms with E-state index in [1.807, 2.05) is 6.07 Å². The number of carbonyl (C=O) groups is 1. The summed E-state index contributed by atoms with van der Waals surface area (Å²) in [5.74, 6) is -0.326. The highest BCUT2D eigenvalue weighted by molar-refractivity contribution is 5.86. The van der Waals surface area contributed by atoms with Crippen molar-refractivity contribution >= 4 is 5.97 Å². The Morgan fingerprint density at radius 1 is 1.47 bits per heavy atom. The Morgan fingerprint density at radius 3 is 2.94 bits per heavy atom. The first-order valence-corrected chi connectivity index (χ1v) is 4.92. The van der Waals surface area contributed by atoms with Crippen LogP contribution in [0.25, 0.3) is 0 Å². The van der Waals surface area contributed by atoms with Gasteiger partial charge in [0.05, 0.1) is 31.6 Å². The van der Waals surface area contributed by atoms with Crippen LogP contribution < -0.4 is 4.74 Å². The quantitative estimate of drug-likeness (QED) is 0.853. The first kappa shape index (κ1) is 11.1. The van der Waals surface area contributed by atoms with Gasteiger partial charge in [0, 0.05) is 12.4 Å².